The maximum absolute atomic E-state index is 12.0. The highest BCUT2D eigenvalue weighted by molar-refractivity contribution is 6.74. The van der Waals surface area contributed by atoms with E-state index in [9.17, 15) is 4.79 Å². The van der Waals surface area contributed by atoms with Crippen molar-refractivity contribution >= 4 is 19.3 Å². The molecule has 1 aromatic carbocycles. The lowest BCUT2D eigenvalue weighted by Gasteiger charge is -2.41. The number of ether oxygens (including phenoxy) is 1. The topological polar surface area (TPSA) is 48.7 Å². The number of fused-ring (bicyclic) bond motifs is 1. The van der Waals surface area contributed by atoms with Gasteiger partial charge in [0, 0.05) is 11.8 Å². The lowest BCUT2D eigenvalue weighted by molar-refractivity contribution is 0.142. The summed E-state index contributed by atoms with van der Waals surface area (Å²) in [6.07, 6.45) is 4.50. The molecule has 5 heteroatoms. The molecule has 0 aliphatic heterocycles. The summed E-state index contributed by atoms with van der Waals surface area (Å²) in [6, 6.07) is 9.10. The van der Waals surface area contributed by atoms with Crippen LogP contribution < -0.4 is 10.4 Å². The van der Waals surface area contributed by atoms with Crippen LogP contribution in [-0.4, -0.2) is 20.5 Å². The lowest BCUT2D eigenvalue weighted by Crippen LogP contribution is -2.46. The quantitative estimate of drug-likeness (QED) is 0.245. The fourth-order valence-electron chi connectivity index (χ4n) is 2.55. The van der Waals surface area contributed by atoms with Gasteiger partial charge in [0.15, 0.2) is 8.32 Å². The fraction of sp³-hybridized carbons (Fsp3) is 0.478. The highest BCUT2D eigenvalue weighted by Crippen LogP contribution is 2.39. The van der Waals surface area contributed by atoms with E-state index in [1.54, 1.807) is 12.1 Å². The molecule has 0 aliphatic carbocycles. The Morgan fingerprint density at radius 2 is 1.82 bits per heavy atom. The molecule has 2 rings (SSSR count). The minimum atomic E-state index is -1.84. The van der Waals surface area contributed by atoms with Gasteiger partial charge in [-0.15, -0.1) is 5.73 Å². The number of rotatable bonds is 7. The van der Waals surface area contributed by atoms with Crippen molar-refractivity contribution in [2.24, 2.45) is 0 Å². The van der Waals surface area contributed by atoms with Crippen molar-refractivity contribution in [1.82, 2.24) is 0 Å². The molecular weight excluding hydrogens is 368 g/mol. The average Bonchev–Trinajstić information content (AvgIpc) is 2.56. The van der Waals surface area contributed by atoms with Crippen molar-refractivity contribution in [2.75, 3.05) is 6.61 Å². The fourth-order valence-corrected chi connectivity index (χ4v) is 4.23. The van der Waals surface area contributed by atoms with Crippen molar-refractivity contribution < 1.29 is 13.6 Å². The first kappa shape index (κ1) is 22.2. The van der Waals surface area contributed by atoms with E-state index >= 15 is 0 Å². The highest BCUT2D eigenvalue weighted by atomic mass is 28.4. The summed E-state index contributed by atoms with van der Waals surface area (Å²) in [5, 5.41) is 1.01. The predicted octanol–water partition coefficient (Wildman–Crippen LogP) is 6.07. The maximum atomic E-state index is 12.0. The Hall–Kier alpha value is -2.07. The van der Waals surface area contributed by atoms with E-state index in [1.807, 2.05) is 30.4 Å². The van der Waals surface area contributed by atoms with E-state index in [2.05, 4.69) is 53.4 Å². The molecule has 0 atom stereocenters. The summed E-state index contributed by atoms with van der Waals surface area (Å²) in [5.74, 6) is 0.234. The first-order valence-corrected chi connectivity index (χ1v) is 12.6. The number of hydrogen-bond acceptors (Lipinski definition) is 4. The Labute approximate surface area is 169 Å². The molecule has 1 heterocycles. The molecule has 0 saturated carbocycles. The molecule has 1 aromatic heterocycles. The molecule has 0 fully saturated rings. The Kier molecular flexibility index (Phi) is 6.76. The molecule has 152 valence electrons. The molecule has 0 aliphatic rings. The molecule has 28 heavy (non-hydrogen) atoms. The lowest BCUT2D eigenvalue weighted by atomic mass is 10.1. The van der Waals surface area contributed by atoms with Crippen LogP contribution in [0.2, 0.25) is 18.1 Å². The van der Waals surface area contributed by atoms with Crippen LogP contribution in [0.25, 0.3) is 11.0 Å². The van der Waals surface area contributed by atoms with E-state index < -0.39 is 13.9 Å². The third-order valence-corrected chi connectivity index (χ3v) is 9.65. The summed E-state index contributed by atoms with van der Waals surface area (Å²) >= 11 is 0. The molecule has 4 nitrogen and oxygen atoms in total. The smallest absolute Gasteiger partial charge is 0.379 e. The zero-order valence-electron chi connectivity index (χ0n) is 18.1. The molecule has 0 spiro atoms. The van der Waals surface area contributed by atoms with E-state index in [-0.39, 0.29) is 16.4 Å². The molecule has 0 radical (unpaired) electrons. The molecule has 2 aromatic rings. The monoisotopic (exact) mass is 400 g/mol. The number of hydrogen-bond donors (Lipinski definition) is 0. The summed E-state index contributed by atoms with van der Waals surface area (Å²) in [5.41, 5.74) is 2.93. The minimum Gasteiger partial charge on any atom is -0.486 e. The SMILES string of the molecule is CC(C)(C=C=CCCOc1cc2ccccc2oc1=O)O[Si](C)(C)C(C)(C)C. The largest absolute Gasteiger partial charge is 0.486 e. The van der Waals surface area contributed by atoms with Crippen LogP contribution in [0, 0.1) is 0 Å². The second kappa shape index (κ2) is 8.52. The van der Waals surface area contributed by atoms with Crippen LogP contribution in [0.4, 0.5) is 0 Å². The van der Waals surface area contributed by atoms with Crippen molar-refractivity contribution in [3.63, 3.8) is 0 Å². The maximum Gasteiger partial charge on any atom is 0.379 e. The van der Waals surface area contributed by atoms with Crippen LogP contribution in [0.5, 0.6) is 5.75 Å². The predicted molar refractivity (Wildman–Crippen MR) is 118 cm³/mol. The van der Waals surface area contributed by atoms with Gasteiger partial charge in [0.2, 0.25) is 5.75 Å². The third kappa shape index (κ3) is 5.96. The Balaban J connectivity index is 1.93. The Bertz CT molecular complexity index is 926. The zero-order chi connectivity index (χ0) is 21.0. The standard InChI is InChI=1S/C23H32O4Si/c1-22(2,3)28(6,7)27-23(4,5)15-11-8-12-16-25-20-17-18-13-9-10-14-19(18)26-21(20)24/h8-10,13-15,17H,12,16H2,1-7H3. The summed E-state index contributed by atoms with van der Waals surface area (Å²) in [7, 11) is -1.84. The summed E-state index contributed by atoms with van der Waals surface area (Å²) in [6.45, 7) is 15.7. The molecule has 0 unspecified atom stereocenters. The minimum absolute atomic E-state index is 0.163. The van der Waals surface area contributed by atoms with Crippen LogP contribution in [0.1, 0.15) is 41.0 Å². The second-order valence-corrected chi connectivity index (χ2v) is 13.8. The van der Waals surface area contributed by atoms with Crippen LogP contribution in [0.15, 0.2) is 57.4 Å². The van der Waals surface area contributed by atoms with E-state index in [0.717, 1.165) is 5.39 Å². The summed E-state index contributed by atoms with van der Waals surface area (Å²) in [4.78, 5) is 12.0. The van der Waals surface area contributed by atoms with Gasteiger partial charge in [-0.3, -0.25) is 0 Å². The molecule has 0 bridgehead atoms. The van der Waals surface area contributed by atoms with Crippen molar-refractivity contribution in [3.05, 3.63) is 58.6 Å². The van der Waals surface area contributed by atoms with Crippen LogP contribution >= 0.6 is 0 Å². The first-order chi connectivity index (χ1) is 12.9. The van der Waals surface area contributed by atoms with Gasteiger partial charge in [-0.1, -0.05) is 39.0 Å². The van der Waals surface area contributed by atoms with E-state index in [1.165, 1.54) is 0 Å². The van der Waals surface area contributed by atoms with E-state index in [0.29, 0.717) is 18.6 Å². The van der Waals surface area contributed by atoms with Crippen LogP contribution in [-0.2, 0) is 4.43 Å². The summed E-state index contributed by atoms with van der Waals surface area (Å²) < 4.78 is 17.3. The van der Waals surface area contributed by atoms with Gasteiger partial charge < -0.3 is 13.6 Å². The molecular formula is C23H32O4Si. The normalized spacial score (nSPS) is 12.5. The van der Waals surface area contributed by atoms with Gasteiger partial charge >= 0.3 is 5.63 Å². The van der Waals surface area contributed by atoms with Crippen LogP contribution in [0.3, 0.4) is 0 Å². The zero-order valence-corrected chi connectivity index (χ0v) is 19.1. The first-order valence-electron chi connectivity index (χ1n) is 9.69. The Morgan fingerprint density at radius 3 is 2.50 bits per heavy atom. The van der Waals surface area contributed by atoms with Gasteiger partial charge in [-0.05, 0) is 56.3 Å². The van der Waals surface area contributed by atoms with E-state index in [4.69, 9.17) is 13.6 Å². The van der Waals surface area contributed by atoms with Gasteiger partial charge in [0.25, 0.3) is 0 Å². The molecule has 0 N–H and O–H groups in total. The number of benzene rings is 1. The van der Waals surface area contributed by atoms with Gasteiger partial charge in [0.1, 0.15) is 5.58 Å². The average molecular weight is 401 g/mol. The van der Waals surface area contributed by atoms with Gasteiger partial charge in [-0.25, -0.2) is 4.79 Å². The van der Waals surface area contributed by atoms with Crippen molar-refractivity contribution in [3.8, 4) is 5.75 Å². The number of para-hydroxylation sites is 1. The van der Waals surface area contributed by atoms with Crippen molar-refractivity contribution in [2.45, 2.75) is 64.8 Å². The molecule has 0 amide bonds. The molecule has 0 saturated heterocycles. The second-order valence-electron chi connectivity index (χ2n) is 9.05. The van der Waals surface area contributed by atoms with Gasteiger partial charge in [-0.2, -0.15) is 0 Å². The van der Waals surface area contributed by atoms with Crippen molar-refractivity contribution in [1.29, 1.82) is 0 Å². The van der Waals surface area contributed by atoms with Gasteiger partial charge in [0.05, 0.1) is 12.2 Å². The highest BCUT2D eigenvalue weighted by Gasteiger charge is 2.40. The third-order valence-electron chi connectivity index (χ3n) is 5.00. The Morgan fingerprint density at radius 1 is 1.14 bits per heavy atom.